The van der Waals surface area contributed by atoms with Gasteiger partial charge in [-0.25, -0.2) is 0 Å². The Morgan fingerprint density at radius 1 is 1.25 bits per heavy atom. The Kier molecular flexibility index (Phi) is 7.47. The number of carbonyl (C=O) groups excluding carboxylic acids is 1. The fourth-order valence-corrected chi connectivity index (χ4v) is 2.87. The van der Waals surface area contributed by atoms with Crippen molar-refractivity contribution in [1.82, 2.24) is 0 Å². The summed E-state index contributed by atoms with van der Waals surface area (Å²) in [6.07, 6.45) is 1.51. The third-order valence-electron chi connectivity index (χ3n) is 3.89. The van der Waals surface area contributed by atoms with Crippen molar-refractivity contribution in [3.63, 3.8) is 0 Å². The van der Waals surface area contributed by atoms with Crippen molar-refractivity contribution in [2.24, 2.45) is 0 Å². The van der Waals surface area contributed by atoms with Crippen molar-refractivity contribution < 1.29 is 14.3 Å². The molecule has 1 N–H and O–H groups in total. The Balaban J connectivity index is 2.28. The number of nitrogens with one attached hydrogen (secondary N) is 1. The lowest BCUT2D eigenvalue weighted by Crippen LogP contribution is -2.14. The largest absolute Gasteiger partial charge is 0.493 e. The van der Waals surface area contributed by atoms with Crippen LogP contribution < -0.4 is 19.7 Å². The number of nitrogens with zero attached hydrogens (tertiary/aromatic N) is 2. The minimum atomic E-state index is -0.485. The third-order valence-corrected chi connectivity index (χ3v) is 4.58. The standard InChI is InChI=1S/C21H22BrN3O3/c1-5-28-20-11-14(18(22)12-19(20)27-4)10-15(13-23)21(26)24-16-6-8-17(9-7-16)25(2)3/h6-12H,5H2,1-4H3,(H,24,26)/b15-10-. The first-order valence-electron chi connectivity index (χ1n) is 8.60. The lowest BCUT2D eigenvalue weighted by Gasteiger charge is -2.13. The SMILES string of the molecule is CCOc1cc(/C=C(/C#N)C(=O)Nc2ccc(N(C)C)cc2)c(Br)cc1OC. The van der Waals surface area contributed by atoms with Crippen LogP contribution >= 0.6 is 15.9 Å². The maximum atomic E-state index is 12.5. The fraction of sp³-hybridized carbons (Fsp3) is 0.238. The van der Waals surface area contributed by atoms with E-state index in [4.69, 9.17) is 9.47 Å². The lowest BCUT2D eigenvalue weighted by molar-refractivity contribution is -0.112. The first-order valence-corrected chi connectivity index (χ1v) is 9.39. The van der Waals surface area contributed by atoms with Gasteiger partial charge in [0.05, 0.1) is 13.7 Å². The summed E-state index contributed by atoms with van der Waals surface area (Å²) in [5.74, 6) is 0.618. The Morgan fingerprint density at radius 2 is 1.93 bits per heavy atom. The van der Waals surface area contributed by atoms with Crippen molar-refractivity contribution in [3.05, 3.63) is 52.0 Å². The molecule has 146 valence electrons. The summed E-state index contributed by atoms with van der Waals surface area (Å²) in [7, 11) is 5.43. The van der Waals surface area contributed by atoms with Crippen LogP contribution in [0.1, 0.15) is 12.5 Å². The summed E-state index contributed by atoms with van der Waals surface area (Å²) in [4.78, 5) is 14.5. The Bertz CT molecular complexity index is 916. The second kappa shape index (κ2) is 9.81. The van der Waals surface area contributed by atoms with Crippen LogP contribution in [0.3, 0.4) is 0 Å². The predicted molar refractivity (Wildman–Crippen MR) is 115 cm³/mol. The van der Waals surface area contributed by atoms with Gasteiger partial charge < -0.3 is 19.7 Å². The zero-order valence-electron chi connectivity index (χ0n) is 16.2. The number of benzene rings is 2. The molecule has 0 aliphatic rings. The van der Waals surface area contributed by atoms with Crippen LogP contribution in [0.4, 0.5) is 11.4 Å². The van der Waals surface area contributed by atoms with Crippen LogP contribution in [-0.2, 0) is 4.79 Å². The van der Waals surface area contributed by atoms with Gasteiger partial charge in [0.1, 0.15) is 11.6 Å². The number of halogens is 1. The molecule has 7 heteroatoms. The molecule has 2 aromatic carbocycles. The van der Waals surface area contributed by atoms with Crippen molar-refractivity contribution in [3.8, 4) is 17.6 Å². The minimum Gasteiger partial charge on any atom is -0.493 e. The van der Waals surface area contributed by atoms with Crippen LogP contribution in [0.2, 0.25) is 0 Å². The summed E-state index contributed by atoms with van der Waals surface area (Å²) >= 11 is 3.44. The molecule has 1 amide bonds. The minimum absolute atomic E-state index is 0.0231. The van der Waals surface area contributed by atoms with Gasteiger partial charge in [0.2, 0.25) is 0 Å². The summed E-state index contributed by atoms with van der Waals surface area (Å²) < 4.78 is 11.5. The molecule has 0 radical (unpaired) electrons. The Labute approximate surface area is 173 Å². The van der Waals surface area contributed by atoms with Gasteiger partial charge in [0.25, 0.3) is 5.91 Å². The molecule has 0 aliphatic heterocycles. The van der Waals surface area contributed by atoms with E-state index in [0.29, 0.717) is 33.8 Å². The topological polar surface area (TPSA) is 74.6 Å². The molecule has 2 aromatic rings. The van der Waals surface area contributed by atoms with Crippen LogP contribution in [0.25, 0.3) is 6.08 Å². The number of carbonyl (C=O) groups is 1. The van der Waals surface area contributed by atoms with E-state index in [1.807, 2.05) is 44.1 Å². The smallest absolute Gasteiger partial charge is 0.266 e. The summed E-state index contributed by atoms with van der Waals surface area (Å²) in [5.41, 5.74) is 2.24. The molecule has 0 fully saturated rings. The molecule has 28 heavy (non-hydrogen) atoms. The van der Waals surface area contributed by atoms with Gasteiger partial charge in [-0.15, -0.1) is 0 Å². The molecular weight excluding hydrogens is 422 g/mol. The van der Waals surface area contributed by atoms with Gasteiger partial charge in [0.15, 0.2) is 11.5 Å². The number of hydrogen-bond acceptors (Lipinski definition) is 5. The van der Waals surface area contributed by atoms with Gasteiger partial charge in [0, 0.05) is 29.9 Å². The molecule has 2 rings (SSSR count). The van der Waals surface area contributed by atoms with E-state index in [2.05, 4.69) is 21.2 Å². The summed E-state index contributed by atoms with van der Waals surface area (Å²) in [5, 5.41) is 12.2. The number of methoxy groups -OCH3 is 1. The van der Waals surface area contributed by atoms with Gasteiger partial charge in [-0.3, -0.25) is 4.79 Å². The van der Waals surface area contributed by atoms with Crippen LogP contribution in [-0.4, -0.2) is 33.7 Å². The zero-order chi connectivity index (χ0) is 20.7. The van der Waals surface area contributed by atoms with Gasteiger partial charge in [-0.1, -0.05) is 15.9 Å². The number of nitriles is 1. The monoisotopic (exact) mass is 443 g/mol. The molecule has 0 bridgehead atoms. The molecular formula is C21H22BrN3O3. The van der Waals surface area contributed by atoms with Crippen molar-refractivity contribution in [2.75, 3.05) is 38.0 Å². The fourth-order valence-electron chi connectivity index (χ4n) is 2.43. The van der Waals surface area contributed by atoms with E-state index < -0.39 is 5.91 Å². The maximum absolute atomic E-state index is 12.5. The highest BCUT2D eigenvalue weighted by molar-refractivity contribution is 9.10. The van der Waals surface area contributed by atoms with E-state index >= 15 is 0 Å². The Hall–Kier alpha value is -2.98. The van der Waals surface area contributed by atoms with Gasteiger partial charge >= 0.3 is 0 Å². The summed E-state index contributed by atoms with van der Waals surface area (Å²) in [6.45, 7) is 2.34. The highest BCUT2D eigenvalue weighted by atomic mass is 79.9. The molecule has 0 atom stereocenters. The molecule has 0 aliphatic carbocycles. The molecule has 0 unspecified atom stereocenters. The average molecular weight is 444 g/mol. The number of rotatable bonds is 7. The van der Waals surface area contributed by atoms with E-state index in [1.165, 1.54) is 6.08 Å². The zero-order valence-corrected chi connectivity index (χ0v) is 17.8. The quantitative estimate of drug-likeness (QED) is 0.504. The lowest BCUT2D eigenvalue weighted by atomic mass is 10.1. The number of anilines is 2. The number of ether oxygens (including phenoxy) is 2. The van der Waals surface area contributed by atoms with E-state index in [0.717, 1.165) is 5.69 Å². The molecule has 0 aromatic heterocycles. The first kappa shape index (κ1) is 21.3. The highest BCUT2D eigenvalue weighted by Crippen LogP contribution is 2.34. The van der Waals surface area contributed by atoms with Crippen LogP contribution in [0.15, 0.2) is 46.4 Å². The third kappa shape index (κ3) is 5.27. The van der Waals surface area contributed by atoms with E-state index in [9.17, 15) is 10.1 Å². The summed E-state index contributed by atoms with van der Waals surface area (Å²) in [6, 6.07) is 12.8. The number of hydrogen-bond donors (Lipinski definition) is 1. The van der Waals surface area contributed by atoms with Crippen LogP contribution in [0.5, 0.6) is 11.5 Å². The Morgan fingerprint density at radius 3 is 2.46 bits per heavy atom. The normalized spacial score (nSPS) is 10.8. The second-order valence-corrected chi connectivity index (χ2v) is 6.88. The van der Waals surface area contributed by atoms with Crippen molar-refractivity contribution in [2.45, 2.75) is 6.92 Å². The highest BCUT2D eigenvalue weighted by Gasteiger charge is 2.14. The second-order valence-electron chi connectivity index (χ2n) is 6.02. The number of amides is 1. The molecule has 0 spiro atoms. The molecule has 0 heterocycles. The van der Waals surface area contributed by atoms with Crippen molar-refractivity contribution in [1.29, 1.82) is 5.26 Å². The average Bonchev–Trinajstić information content (AvgIpc) is 2.68. The molecule has 0 saturated carbocycles. The maximum Gasteiger partial charge on any atom is 0.266 e. The molecule has 6 nitrogen and oxygen atoms in total. The van der Waals surface area contributed by atoms with Gasteiger partial charge in [-0.2, -0.15) is 5.26 Å². The van der Waals surface area contributed by atoms with Gasteiger partial charge in [-0.05, 0) is 55.0 Å². The predicted octanol–water partition coefficient (Wildman–Crippen LogP) is 4.47. The first-order chi connectivity index (χ1) is 13.4. The van der Waals surface area contributed by atoms with E-state index in [-0.39, 0.29) is 5.57 Å². The molecule has 0 saturated heterocycles. The van der Waals surface area contributed by atoms with E-state index in [1.54, 1.807) is 31.4 Å². The van der Waals surface area contributed by atoms with Crippen molar-refractivity contribution >= 4 is 39.3 Å². The van der Waals surface area contributed by atoms with Crippen LogP contribution in [0, 0.1) is 11.3 Å².